The number of hydrogen-bond acceptors (Lipinski definition) is 1. The topological polar surface area (TPSA) is 38.4 Å². The second-order valence-electron chi connectivity index (χ2n) is 2.92. The van der Waals surface area contributed by atoms with E-state index in [0.29, 0.717) is 0 Å². The minimum atomic E-state index is 0.288. The Balaban J connectivity index is 2.51. The molecule has 2 nitrogen and oxygen atoms in total. The molecule has 52 valence electrons. The summed E-state index contributed by atoms with van der Waals surface area (Å²) >= 11 is 0. The molecule has 2 heteroatoms. The van der Waals surface area contributed by atoms with Crippen LogP contribution in [0.15, 0.2) is 4.99 Å². The molecule has 0 aromatic rings. The molecule has 2 N–H and O–H groups in total. The average molecular weight is 126 g/mol. The summed E-state index contributed by atoms with van der Waals surface area (Å²) in [6, 6.07) is 0. The normalized spacial score (nSPS) is 24.0. The van der Waals surface area contributed by atoms with Crippen LogP contribution in [0.3, 0.4) is 0 Å². The molecule has 1 saturated carbocycles. The molecule has 0 aliphatic heterocycles. The molecule has 0 aromatic heterocycles. The van der Waals surface area contributed by atoms with Gasteiger partial charge in [-0.15, -0.1) is 0 Å². The van der Waals surface area contributed by atoms with Gasteiger partial charge in [0.25, 0.3) is 0 Å². The lowest BCUT2D eigenvalue weighted by molar-refractivity contribution is 0.784. The molecule has 0 spiro atoms. The van der Waals surface area contributed by atoms with Crippen LogP contribution in [0.5, 0.6) is 0 Å². The summed E-state index contributed by atoms with van der Waals surface area (Å²) < 4.78 is 0. The van der Waals surface area contributed by atoms with E-state index < -0.39 is 0 Å². The zero-order chi connectivity index (χ0) is 6.91. The first-order valence-electron chi connectivity index (χ1n) is 3.49. The molecule has 1 fully saturated rings. The van der Waals surface area contributed by atoms with E-state index >= 15 is 0 Å². The molecule has 0 saturated heterocycles. The summed E-state index contributed by atoms with van der Waals surface area (Å²) in [4.78, 5) is 4.15. The van der Waals surface area contributed by atoms with Crippen molar-refractivity contribution in [3.05, 3.63) is 0 Å². The second kappa shape index (κ2) is 2.01. The largest absolute Gasteiger partial charge is 0.387 e. The molecule has 0 unspecified atom stereocenters. The molecule has 0 atom stereocenters. The first kappa shape index (κ1) is 6.59. The first-order chi connectivity index (χ1) is 4.19. The summed E-state index contributed by atoms with van der Waals surface area (Å²) in [7, 11) is 0. The van der Waals surface area contributed by atoms with Crippen LogP contribution in [0, 0.1) is 5.41 Å². The van der Waals surface area contributed by atoms with E-state index in [4.69, 9.17) is 5.73 Å². The van der Waals surface area contributed by atoms with E-state index in [1.54, 1.807) is 0 Å². The molecular weight excluding hydrogens is 112 g/mol. The minimum absolute atomic E-state index is 0.288. The van der Waals surface area contributed by atoms with Gasteiger partial charge in [0.1, 0.15) is 0 Å². The van der Waals surface area contributed by atoms with Gasteiger partial charge in [-0.05, 0) is 19.8 Å². The molecule has 0 aromatic carbocycles. The predicted octanol–water partition coefficient (Wildman–Crippen LogP) is 1.16. The lowest BCUT2D eigenvalue weighted by Gasteiger charge is -2.05. The molecule has 0 bridgehead atoms. The fourth-order valence-electron chi connectivity index (χ4n) is 0.805. The number of nitrogens with zero attached hydrogens (tertiary/aromatic N) is 1. The lowest BCUT2D eigenvalue weighted by Crippen LogP contribution is -2.22. The molecule has 1 aliphatic carbocycles. The quantitative estimate of drug-likeness (QED) is 0.437. The third-order valence-corrected chi connectivity index (χ3v) is 1.95. The van der Waals surface area contributed by atoms with E-state index in [1.165, 1.54) is 12.8 Å². The van der Waals surface area contributed by atoms with Crippen molar-refractivity contribution in [2.75, 3.05) is 6.54 Å². The lowest BCUT2D eigenvalue weighted by atomic mass is 10.1. The number of nitrogens with two attached hydrogens (primary N) is 1. The zero-order valence-corrected chi connectivity index (χ0v) is 6.15. The van der Waals surface area contributed by atoms with Crippen molar-refractivity contribution >= 4 is 5.84 Å². The second-order valence-corrected chi connectivity index (χ2v) is 2.92. The van der Waals surface area contributed by atoms with Crippen LogP contribution in [0.25, 0.3) is 0 Å². The highest BCUT2D eigenvalue weighted by molar-refractivity contribution is 5.88. The van der Waals surface area contributed by atoms with Crippen molar-refractivity contribution in [2.24, 2.45) is 16.1 Å². The maximum absolute atomic E-state index is 5.67. The summed E-state index contributed by atoms with van der Waals surface area (Å²) in [5.41, 5.74) is 5.96. The van der Waals surface area contributed by atoms with Gasteiger partial charge in [0, 0.05) is 12.0 Å². The zero-order valence-electron chi connectivity index (χ0n) is 6.15. The van der Waals surface area contributed by atoms with Gasteiger partial charge < -0.3 is 5.73 Å². The van der Waals surface area contributed by atoms with Crippen molar-refractivity contribution in [1.29, 1.82) is 0 Å². The maximum atomic E-state index is 5.67. The molecule has 0 radical (unpaired) electrons. The van der Waals surface area contributed by atoms with Crippen LogP contribution < -0.4 is 5.73 Å². The van der Waals surface area contributed by atoms with Gasteiger partial charge in [-0.2, -0.15) is 0 Å². The molecule has 0 heterocycles. The predicted molar refractivity (Wildman–Crippen MR) is 39.5 cm³/mol. The van der Waals surface area contributed by atoms with Crippen LogP contribution in [0.1, 0.15) is 26.7 Å². The molecule has 9 heavy (non-hydrogen) atoms. The Bertz CT molecular complexity index is 134. The van der Waals surface area contributed by atoms with Gasteiger partial charge in [0.2, 0.25) is 0 Å². The fourth-order valence-corrected chi connectivity index (χ4v) is 0.805. The number of aliphatic imine (C=N–C) groups is 1. The Morgan fingerprint density at radius 3 is 2.56 bits per heavy atom. The SMILES string of the molecule is CCN=C(N)C1(C)CC1. The van der Waals surface area contributed by atoms with E-state index in [9.17, 15) is 0 Å². The van der Waals surface area contributed by atoms with Crippen molar-refractivity contribution < 1.29 is 0 Å². The van der Waals surface area contributed by atoms with E-state index in [1.807, 2.05) is 6.92 Å². The summed E-state index contributed by atoms with van der Waals surface area (Å²) in [5, 5.41) is 0. The number of rotatable bonds is 2. The van der Waals surface area contributed by atoms with Crippen LogP contribution >= 0.6 is 0 Å². The van der Waals surface area contributed by atoms with E-state index in [-0.39, 0.29) is 5.41 Å². The van der Waals surface area contributed by atoms with Crippen molar-refractivity contribution in [3.8, 4) is 0 Å². The third kappa shape index (κ3) is 1.23. The van der Waals surface area contributed by atoms with Gasteiger partial charge >= 0.3 is 0 Å². The van der Waals surface area contributed by atoms with Crippen molar-refractivity contribution in [2.45, 2.75) is 26.7 Å². The molecule has 1 rings (SSSR count). The monoisotopic (exact) mass is 126 g/mol. The third-order valence-electron chi connectivity index (χ3n) is 1.95. The van der Waals surface area contributed by atoms with Gasteiger partial charge in [0.15, 0.2) is 0 Å². The van der Waals surface area contributed by atoms with Gasteiger partial charge in [-0.3, -0.25) is 4.99 Å². The summed E-state index contributed by atoms with van der Waals surface area (Å²) in [5.74, 6) is 0.852. The molecule has 0 amide bonds. The van der Waals surface area contributed by atoms with Crippen molar-refractivity contribution in [3.63, 3.8) is 0 Å². The average Bonchev–Trinajstić information content (AvgIpc) is 2.50. The Labute approximate surface area is 56.2 Å². The number of hydrogen-bond donors (Lipinski definition) is 1. The molecule has 1 aliphatic rings. The fraction of sp³-hybridized carbons (Fsp3) is 0.857. The highest BCUT2D eigenvalue weighted by Crippen LogP contribution is 2.44. The summed E-state index contributed by atoms with van der Waals surface area (Å²) in [6.45, 7) is 5.00. The highest BCUT2D eigenvalue weighted by atomic mass is 14.9. The highest BCUT2D eigenvalue weighted by Gasteiger charge is 2.40. The van der Waals surface area contributed by atoms with Crippen LogP contribution in [0.4, 0.5) is 0 Å². The first-order valence-corrected chi connectivity index (χ1v) is 3.49. The standard InChI is InChI=1S/C7H14N2/c1-3-9-6(8)7(2)4-5-7/h3-5H2,1-2H3,(H2,8,9). The Morgan fingerprint density at radius 1 is 1.67 bits per heavy atom. The molecular formula is C7H14N2. The van der Waals surface area contributed by atoms with Gasteiger partial charge in [-0.1, -0.05) is 6.92 Å². The van der Waals surface area contributed by atoms with Crippen LogP contribution in [0.2, 0.25) is 0 Å². The van der Waals surface area contributed by atoms with Gasteiger partial charge in [0.05, 0.1) is 5.84 Å². The Kier molecular flexibility index (Phi) is 1.47. The van der Waals surface area contributed by atoms with E-state index in [0.717, 1.165) is 12.4 Å². The van der Waals surface area contributed by atoms with Crippen molar-refractivity contribution in [1.82, 2.24) is 0 Å². The maximum Gasteiger partial charge on any atom is 0.0996 e. The Hall–Kier alpha value is -0.530. The number of amidine groups is 1. The Morgan fingerprint density at radius 2 is 2.22 bits per heavy atom. The van der Waals surface area contributed by atoms with E-state index in [2.05, 4.69) is 11.9 Å². The van der Waals surface area contributed by atoms with Gasteiger partial charge in [-0.25, -0.2) is 0 Å². The van der Waals surface area contributed by atoms with Crippen LogP contribution in [-0.2, 0) is 0 Å². The summed E-state index contributed by atoms with van der Waals surface area (Å²) in [6.07, 6.45) is 2.45. The minimum Gasteiger partial charge on any atom is -0.387 e. The van der Waals surface area contributed by atoms with Crippen LogP contribution in [-0.4, -0.2) is 12.4 Å². The smallest absolute Gasteiger partial charge is 0.0996 e.